The van der Waals surface area contributed by atoms with Crippen LogP contribution in [0.1, 0.15) is 10.5 Å². The Hall–Kier alpha value is -2.88. The van der Waals surface area contributed by atoms with Crippen molar-refractivity contribution in [1.29, 1.82) is 0 Å². The molecular weight excluding hydrogens is 328 g/mol. The van der Waals surface area contributed by atoms with Gasteiger partial charge in [-0.2, -0.15) is 10.2 Å². The summed E-state index contributed by atoms with van der Waals surface area (Å²) in [6, 6.07) is 1.50. The van der Waals surface area contributed by atoms with E-state index in [1.807, 2.05) is 0 Å². The zero-order valence-corrected chi connectivity index (χ0v) is 14.1. The first-order valence-corrected chi connectivity index (χ1v) is 7.85. The quantitative estimate of drug-likeness (QED) is 0.792. The van der Waals surface area contributed by atoms with E-state index >= 15 is 0 Å². The van der Waals surface area contributed by atoms with Gasteiger partial charge < -0.3 is 19.7 Å². The number of hydrogen-bond donors (Lipinski definition) is 1. The van der Waals surface area contributed by atoms with E-state index < -0.39 is 0 Å². The van der Waals surface area contributed by atoms with E-state index in [2.05, 4.69) is 15.5 Å². The van der Waals surface area contributed by atoms with Gasteiger partial charge in [-0.25, -0.2) is 4.68 Å². The molecule has 134 valence electrons. The number of nitrogens with one attached hydrogen (secondary N) is 1. The number of aromatic nitrogens is 4. The molecule has 2 aromatic rings. The lowest BCUT2D eigenvalue weighted by Crippen LogP contribution is -2.43. The van der Waals surface area contributed by atoms with E-state index in [1.54, 1.807) is 36.1 Å². The molecule has 0 saturated carbocycles. The molecule has 1 N–H and O–H groups in total. The van der Waals surface area contributed by atoms with Crippen LogP contribution < -0.4 is 10.1 Å². The summed E-state index contributed by atoms with van der Waals surface area (Å²) in [5.41, 5.74) is 0.767. The molecule has 3 heterocycles. The molecule has 0 atom stereocenters. The topological polar surface area (TPSA) is 104 Å². The lowest BCUT2D eigenvalue weighted by molar-refractivity contribution is -0.137. The summed E-state index contributed by atoms with van der Waals surface area (Å²) in [6.45, 7) is 2.09. The average Bonchev–Trinajstić information content (AvgIpc) is 3.19. The molecule has 1 fully saturated rings. The van der Waals surface area contributed by atoms with Crippen molar-refractivity contribution in [3.05, 3.63) is 24.2 Å². The van der Waals surface area contributed by atoms with Gasteiger partial charge in [0, 0.05) is 39.4 Å². The first-order chi connectivity index (χ1) is 12.0. The number of ether oxygens (including phenoxy) is 2. The molecule has 1 saturated heterocycles. The van der Waals surface area contributed by atoms with E-state index in [-0.39, 0.29) is 24.1 Å². The molecule has 0 spiro atoms. The van der Waals surface area contributed by atoms with Gasteiger partial charge in [-0.3, -0.25) is 14.3 Å². The van der Waals surface area contributed by atoms with Crippen LogP contribution in [-0.2, 0) is 23.6 Å². The Morgan fingerprint density at radius 3 is 2.76 bits per heavy atom. The summed E-state index contributed by atoms with van der Waals surface area (Å²) in [5.74, 6) is -0.151. The first kappa shape index (κ1) is 17.0. The Morgan fingerprint density at radius 2 is 2.08 bits per heavy atom. The van der Waals surface area contributed by atoms with Gasteiger partial charge in [0.25, 0.3) is 11.8 Å². The van der Waals surface area contributed by atoms with Gasteiger partial charge in [0.05, 0.1) is 25.1 Å². The molecule has 0 radical (unpaired) electrons. The number of nitrogens with zero attached hydrogens (tertiary/aromatic N) is 5. The monoisotopic (exact) mass is 348 g/mol. The number of amides is 2. The highest BCUT2D eigenvalue weighted by Gasteiger charge is 2.19. The van der Waals surface area contributed by atoms with Gasteiger partial charge in [0.2, 0.25) is 5.88 Å². The maximum Gasteiger partial charge on any atom is 0.276 e. The minimum Gasteiger partial charge on any atom is -0.468 e. The van der Waals surface area contributed by atoms with Crippen molar-refractivity contribution in [1.82, 2.24) is 24.5 Å². The van der Waals surface area contributed by atoms with Gasteiger partial charge in [0.15, 0.2) is 12.3 Å². The number of rotatable bonds is 5. The fourth-order valence-electron chi connectivity index (χ4n) is 2.42. The summed E-state index contributed by atoms with van der Waals surface area (Å²) in [5, 5.41) is 10.8. The average molecular weight is 348 g/mol. The molecule has 2 aromatic heterocycles. The lowest BCUT2D eigenvalue weighted by atomic mass is 10.4. The van der Waals surface area contributed by atoms with Crippen LogP contribution in [0.5, 0.6) is 5.88 Å². The lowest BCUT2D eigenvalue weighted by Gasteiger charge is -2.26. The van der Waals surface area contributed by atoms with Crippen LogP contribution in [0, 0.1) is 0 Å². The van der Waals surface area contributed by atoms with Crippen LogP contribution in [-0.4, -0.2) is 69.2 Å². The molecule has 25 heavy (non-hydrogen) atoms. The summed E-state index contributed by atoms with van der Waals surface area (Å²) in [4.78, 5) is 26.0. The molecule has 10 heteroatoms. The largest absolute Gasteiger partial charge is 0.468 e. The minimum absolute atomic E-state index is 0.108. The fourth-order valence-corrected chi connectivity index (χ4v) is 2.42. The molecule has 0 bridgehead atoms. The van der Waals surface area contributed by atoms with Gasteiger partial charge >= 0.3 is 0 Å². The number of aryl methyl sites for hydroxylation is 2. The highest BCUT2D eigenvalue weighted by molar-refractivity contribution is 6.02. The molecule has 1 aliphatic heterocycles. The van der Waals surface area contributed by atoms with Crippen LogP contribution in [0.15, 0.2) is 18.5 Å². The smallest absolute Gasteiger partial charge is 0.276 e. The number of anilines is 1. The highest BCUT2D eigenvalue weighted by atomic mass is 16.5. The van der Waals surface area contributed by atoms with Crippen molar-refractivity contribution in [3.8, 4) is 5.88 Å². The fraction of sp³-hybridized carbons (Fsp3) is 0.467. The standard InChI is InChI=1S/C15H20N6O4/c1-19-9-11(8-16-19)17-15(23)12-7-14(20(2)18-12)25-10-13(22)21-3-5-24-6-4-21/h7-9H,3-6,10H2,1-2H3,(H,17,23). The van der Waals surface area contributed by atoms with Crippen LogP contribution in [0.3, 0.4) is 0 Å². The number of morpholine rings is 1. The van der Waals surface area contributed by atoms with E-state index in [0.717, 1.165) is 0 Å². The van der Waals surface area contributed by atoms with Crippen molar-refractivity contribution >= 4 is 17.5 Å². The van der Waals surface area contributed by atoms with Crippen LogP contribution >= 0.6 is 0 Å². The number of carbonyl (C=O) groups is 2. The molecule has 0 aromatic carbocycles. The zero-order valence-electron chi connectivity index (χ0n) is 14.1. The molecule has 1 aliphatic rings. The Balaban J connectivity index is 1.58. The summed E-state index contributed by atoms with van der Waals surface area (Å²) < 4.78 is 13.7. The maximum absolute atomic E-state index is 12.2. The number of hydrogen-bond acceptors (Lipinski definition) is 6. The van der Waals surface area contributed by atoms with Gasteiger partial charge in [0.1, 0.15) is 0 Å². The van der Waals surface area contributed by atoms with Crippen LogP contribution in [0.25, 0.3) is 0 Å². The third kappa shape index (κ3) is 4.15. The highest BCUT2D eigenvalue weighted by Crippen LogP contribution is 2.14. The Bertz CT molecular complexity index is 762. The van der Waals surface area contributed by atoms with Crippen molar-refractivity contribution in [2.45, 2.75) is 0 Å². The second-order valence-electron chi connectivity index (χ2n) is 5.63. The van der Waals surface area contributed by atoms with Crippen LogP contribution in [0.2, 0.25) is 0 Å². The van der Waals surface area contributed by atoms with Crippen molar-refractivity contribution < 1.29 is 19.1 Å². The van der Waals surface area contributed by atoms with Gasteiger partial charge in [-0.1, -0.05) is 0 Å². The molecular formula is C15H20N6O4. The van der Waals surface area contributed by atoms with Crippen molar-refractivity contribution in [2.75, 3.05) is 38.2 Å². The molecule has 2 amide bonds. The summed E-state index contributed by atoms with van der Waals surface area (Å²) in [6.07, 6.45) is 3.22. The predicted molar refractivity (Wildman–Crippen MR) is 87.3 cm³/mol. The van der Waals surface area contributed by atoms with Gasteiger partial charge in [-0.15, -0.1) is 0 Å². The minimum atomic E-state index is -0.377. The predicted octanol–water partition coefficient (Wildman–Crippen LogP) is -0.356. The molecule has 10 nitrogen and oxygen atoms in total. The van der Waals surface area contributed by atoms with E-state index in [1.165, 1.54) is 10.7 Å². The van der Waals surface area contributed by atoms with E-state index in [9.17, 15) is 9.59 Å². The molecule has 3 rings (SSSR count). The Morgan fingerprint density at radius 1 is 1.32 bits per heavy atom. The Labute approximate surface area is 144 Å². The normalized spacial score (nSPS) is 14.4. The second kappa shape index (κ2) is 7.34. The van der Waals surface area contributed by atoms with Gasteiger partial charge in [-0.05, 0) is 0 Å². The maximum atomic E-state index is 12.2. The Kier molecular flexibility index (Phi) is 4.98. The molecule has 0 aliphatic carbocycles. The summed E-state index contributed by atoms with van der Waals surface area (Å²) >= 11 is 0. The van der Waals surface area contributed by atoms with Crippen LogP contribution in [0.4, 0.5) is 5.69 Å². The second-order valence-corrected chi connectivity index (χ2v) is 5.63. The number of carbonyl (C=O) groups excluding carboxylic acids is 2. The van der Waals surface area contributed by atoms with Crippen molar-refractivity contribution in [2.24, 2.45) is 14.1 Å². The summed E-state index contributed by atoms with van der Waals surface area (Å²) in [7, 11) is 3.41. The third-order valence-electron chi connectivity index (χ3n) is 3.74. The zero-order chi connectivity index (χ0) is 17.8. The molecule has 0 unspecified atom stereocenters. The first-order valence-electron chi connectivity index (χ1n) is 7.85. The van der Waals surface area contributed by atoms with E-state index in [4.69, 9.17) is 9.47 Å². The van der Waals surface area contributed by atoms with E-state index in [0.29, 0.717) is 37.9 Å². The third-order valence-corrected chi connectivity index (χ3v) is 3.74. The van der Waals surface area contributed by atoms with Crippen molar-refractivity contribution in [3.63, 3.8) is 0 Å². The SMILES string of the molecule is Cn1cc(NC(=O)c2cc(OCC(=O)N3CCOCC3)n(C)n2)cn1.